The Kier molecular flexibility index (Phi) is 6.66. The predicted octanol–water partition coefficient (Wildman–Crippen LogP) is 4.79. The zero-order valence-corrected chi connectivity index (χ0v) is 14.3. The summed E-state index contributed by atoms with van der Waals surface area (Å²) in [7, 11) is 0. The third-order valence-electron chi connectivity index (χ3n) is 3.29. The maximum atomic E-state index is 13.7. The molecule has 0 aromatic heterocycles. The van der Waals surface area contributed by atoms with Gasteiger partial charge in [-0.3, -0.25) is 4.79 Å². The minimum atomic E-state index is -2.97. The summed E-state index contributed by atoms with van der Waals surface area (Å²) in [4.78, 5) is 11.9. The fraction of sp³-hybridized carbons (Fsp3) is 0.211. The molecule has 0 radical (unpaired) electrons. The van der Waals surface area contributed by atoms with E-state index in [1.165, 1.54) is 42.5 Å². The molecule has 0 fully saturated rings. The summed E-state index contributed by atoms with van der Waals surface area (Å²) in [5.74, 6) is -1.01. The number of nitrogens with one attached hydrogen (secondary N) is 1. The zero-order chi connectivity index (χ0) is 19.1. The summed E-state index contributed by atoms with van der Waals surface area (Å²) in [5, 5.41) is 2.43. The number of amides is 1. The van der Waals surface area contributed by atoms with Gasteiger partial charge in [-0.1, -0.05) is 12.1 Å². The first kappa shape index (κ1) is 19.4. The van der Waals surface area contributed by atoms with Gasteiger partial charge in [0.1, 0.15) is 5.82 Å². The smallest absolute Gasteiger partial charge is 0.387 e. The standard InChI is InChI=1S/C19H18F3NO3/c1-3-25-17-11-13(5-8-16(17)26-19(21)22)6-9-18(24)23-15-7-4-12(2)10-14(15)20/h4-11,19H,3H2,1-2H3,(H,23,24)/b9-6+. The number of alkyl halides is 2. The van der Waals surface area contributed by atoms with Crippen molar-refractivity contribution in [2.24, 2.45) is 0 Å². The van der Waals surface area contributed by atoms with E-state index in [1.54, 1.807) is 19.9 Å². The van der Waals surface area contributed by atoms with Gasteiger partial charge in [0.05, 0.1) is 12.3 Å². The molecule has 0 aliphatic heterocycles. The summed E-state index contributed by atoms with van der Waals surface area (Å²) in [6, 6.07) is 8.76. The maximum absolute atomic E-state index is 13.7. The van der Waals surface area contributed by atoms with Crippen LogP contribution in [0.3, 0.4) is 0 Å². The molecule has 0 saturated carbocycles. The van der Waals surface area contributed by atoms with Gasteiger partial charge in [-0.15, -0.1) is 0 Å². The second-order valence-corrected chi connectivity index (χ2v) is 5.32. The molecule has 4 nitrogen and oxygen atoms in total. The lowest BCUT2D eigenvalue weighted by Crippen LogP contribution is -2.09. The van der Waals surface area contributed by atoms with Crippen LogP contribution in [0.5, 0.6) is 11.5 Å². The number of benzene rings is 2. The molecule has 2 rings (SSSR count). The first-order valence-electron chi connectivity index (χ1n) is 7.86. The number of carbonyl (C=O) groups is 1. The number of anilines is 1. The summed E-state index contributed by atoms with van der Waals surface area (Å²) < 4.78 is 48.1. The van der Waals surface area contributed by atoms with Crippen molar-refractivity contribution in [3.05, 3.63) is 59.4 Å². The molecule has 0 bridgehead atoms. The Morgan fingerprint density at radius 2 is 1.96 bits per heavy atom. The lowest BCUT2D eigenvalue weighted by molar-refractivity contribution is -0.111. The molecular weight excluding hydrogens is 347 g/mol. The van der Waals surface area contributed by atoms with Gasteiger partial charge in [0.2, 0.25) is 5.91 Å². The van der Waals surface area contributed by atoms with Gasteiger partial charge in [0.25, 0.3) is 0 Å². The van der Waals surface area contributed by atoms with Crippen molar-refractivity contribution in [1.29, 1.82) is 0 Å². The number of hydrogen-bond acceptors (Lipinski definition) is 3. The SMILES string of the molecule is CCOc1cc(/C=C/C(=O)Nc2ccc(C)cc2F)ccc1OC(F)F. The number of halogens is 3. The van der Waals surface area contributed by atoms with Gasteiger partial charge in [-0.2, -0.15) is 8.78 Å². The van der Waals surface area contributed by atoms with Crippen molar-refractivity contribution >= 4 is 17.7 Å². The van der Waals surface area contributed by atoms with E-state index in [-0.39, 0.29) is 23.8 Å². The number of ether oxygens (including phenoxy) is 2. The minimum absolute atomic E-state index is 0.0703. The number of rotatable bonds is 7. The lowest BCUT2D eigenvalue weighted by Gasteiger charge is -2.11. The van der Waals surface area contributed by atoms with Crippen LogP contribution in [0.15, 0.2) is 42.5 Å². The predicted molar refractivity (Wildman–Crippen MR) is 93.0 cm³/mol. The number of hydrogen-bond donors (Lipinski definition) is 1. The molecule has 0 heterocycles. The Morgan fingerprint density at radius 3 is 2.62 bits per heavy atom. The van der Waals surface area contributed by atoms with E-state index in [0.717, 1.165) is 5.56 Å². The molecule has 0 unspecified atom stereocenters. The second-order valence-electron chi connectivity index (χ2n) is 5.32. The second kappa shape index (κ2) is 8.94. The highest BCUT2D eigenvalue weighted by atomic mass is 19.3. The average molecular weight is 365 g/mol. The minimum Gasteiger partial charge on any atom is -0.490 e. The first-order chi connectivity index (χ1) is 12.4. The Hall–Kier alpha value is -2.96. The van der Waals surface area contributed by atoms with E-state index < -0.39 is 18.3 Å². The van der Waals surface area contributed by atoms with E-state index >= 15 is 0 Å². The van der Waals surface area contributed by atoms with E-state index in [0.29, 0.717) is 5.56 Å². The van der Waals surface area contributed by atoms with Gasteiger partial charge >= 0.3 is 6.61 Å². The highest BCUT2D eigenvalue weighted by molar-refractivity contribution is 6.02. The van der Waals surface area contributed by atoms with Crippen LogP contribution < -0.4 is 14.8 Å². The van der Waals surface area contributed by atoms with Gasteiger partial charge < -0.3 is 14.8 Å². The van der Waals surface area contributed by atoms with Crippen molar-refractivity contribution in [3.63, 3.8) is 0 Å². The zero-order valence-electron chi connectivity index (χ0n) is 14.3. The Bertz CT molecular complexity index is 807. The number of aryl methyl sites for hydroxylation is 1. The van der Waals surface area contributed by atoms with Gasteiger partial charge in [0, 0.05) is 6.08 Å². The van der Waals surface area contributed by atoms with Gasteiger partial charge in [-0.25, -0.2) is 4.39 Å². The monoisotopic (exact) mass is 365 g/mol. The molecule has 26 heavy (non-hydrogen) atoms. The van der Waals surface area contributed by atoms with Crippen LogP contribution in [-0.4, -0.2) is 19.1 Å². The maximum Gasteiger partial charge on any atom is 0.387 e. The summed E-state index contributed by atoms with van der Waals surface area (Å²) in [5.41, 5.74) is 1.35. The molecule has 1 N–H and O–H groups in total. The van der Waals surface area contributed by atoms with Crippen LogP contribution in [0.25, 0.3) is 6.08 Å². The molecule has 0 saturated heterocycles. The van der Waals surface area contributed by atoms with Gasteiger partial charge in [0.15, 0.2) is 11.5 Å². The highest BCUT2D eigenvalue weighted by Crippen LogP contribution is 2.30. The van der Waals surface area contributed by atoms with Crippen LogP contribution in [0.2, 0.25) is 0 Å². The molecule has 7 heteroatoms. The van der Waals surface area contributed by atoms with Crippen LogP contribution >= 0.6 is 0 Å². The van der Waals surface area contributed by atoms with Crippen LogP contribution in [0.1, 0.15) is 18.1 Å². The molecule has 0 aliphatic rings. The topological polar surface area (TPSA) is 47.6 Å². The van der Waals surface area contributed by atoms with Crippen molar-refractivity contribution < 1.29 is 27.4 Å². The van der Waals surface area contributed by atoms with E-state index in [1.807, 2.05) is 0 Å². The Balaban J connectivity index is 2.10. The largest absolute Gasteiger partial charge is 0.490 e. The molecule has 0 atom stereocenters. The van der Waals surface area contributed by atoms with Crippen molar-refractivity contribution in [3.8, 4) is 11.5 Å². The highest BCUT2D eigenvalue weighted by Gasteiger charge is 2.11. The Morgan fingerprint density at radius 1 is 1.19 bits per heavy atom. The van der Waals surface area contributed by atoms with E-state index in [2.05, 4.69) is 10.1 Å². The molecule has 138 valence electrons. The summed E-state index contributed by atoms with van der Waals surface area (Å²) in [6.07, 6.45) is 2.66. The number of carbonyl (C=O) groups excluding carboxylic acids is 1. The van der Waals surface area contributed by atoms with E-state index in [4.69, 9.17) is 4.74 Å². The fourth-order valence-corrected chi connectivity index (χ4v) is 2.16. The van der Waals surface area contributed by atoms with E-state index in [9.17, 15) is 18.0 Å². The third-order valence-corrected chi connectivity index (χ3v) is 3.29. The van der Waals surface area contributed by atoms with Crippen molar-refractivity contribution in [2.45, 2.75) is 20.5 Å². The normalized spacial score (nSPS) is 11.0. The summed E-state index contributed by atoms with van der Waals surface area (Å²) in [6.45, 7) is 0.746. The first-order valence-corrected chi connectivity index (χ1v) is 7.86. The van der Waals surface area contributed by atoms with Crippen LogP contribution in [0, 0.1) is 12.7 Å². The van der Waals surface area contributed by atoms with Crippen LogP contribution in [0.4, 0.5) is 18.9 Å². The lowest BCUT2D eigenvalue weighted by atomic mass is 10.2. The Labute approximate surface area is 149 Å². The summed E-state index contributed by atoms with van der Waals surface area (Å²) >= 11 is 0. The molecule has 2 aromatic carbocycles. The van der Waals surface area contributed by atoms with Crippen molar-refractivity contribution in [1.82, 2.24) is 0 Å². The fourth-order valence-electron chi connectivity index (χ4n) is 2.16. The molecule has 1 amide bonds. The molecule has 0 aliphatic carbocycles. The average Bonchev–Trinajstić information content (AvgIpc) is 2.57. The molecule has 0 spiro atoms. The third kappa shape index (κ3) is 5.54. The van der Waals surface area contributed by atoms with Crippen molar-refractivity contribution in [2.75, 3.05) is 11.9 Å². The quantitative estimate of drug-likeness (QED) is 0.718. The molecule has 2 aromatic rings. The van der Waals surface area contributed by atoms with Gasteiger partial charge in [-0.05, 0) is 55.3 Å². The molecular formula is C19H18F3NO3. The van der Waals surface area contributed by atoms with Crippen LogP contribution in [-0.2, 0) is 4.79 Å².